The molecule has 0 aliphatic carbocycles. The molecule has 5 heteroatoms. The van der Waals surface area contributed by atoms with E-state index in [2.05, 4.69) is 21.5 Å². The molecule has 1 unspecified atom stereocenters. The smallest absolute Gasteiger partial charge is 0.142 e. The summed E-state index contributed by atoms with van der Waals surface area (Å²) in [6.45, 7) is 0. The van der Waals surface area contributed by atoms with Crippen LogP contribution in [0.4, 0.5) is 0 Å². The van der Waals surface area contributed by atoms with E-state index in [1.54, 1.807) is 19.5 Å². The molecule has 3 N–H and O–H groups in total. The number of nitrogens with one attached hydrogen (secondary N) is 1. The van der Waals surface area contributed by atoms with Crippen molar-refractivity contribution in [1.82, 2.24) is 15.4 Å². The summed E-state index contributed by atoms with van der Waals surface area (Å²) >= 11 is 0. The molecule has 0 saturated heterocycles. The van der Waals surface area contributed by atoms with Gasteiger partial charge in [0.05, 0.1) is 13.2 Å². The molecule has 5 nitrogen and oxygen atoms in total. The lowest BCUT2D eigenvalue weighted by Crippen LogP contribution is -2.29. The summed E-state index contributed by atoms with van der Waals surface area (Å²) in [5.74, 6) is 6.38. The maximum atomic E-state index is 5.63. The molecule has 2 aromatic heterocycles. The molecule has 0 saturated carbocycles. The van der Waals surface area contributed by atoms with Crippen molar-refractivity contribution in [2.75, 3.05) is 7.11 Å². The normalized spacial score (nSPS) is 12.1. The predicted octanol–water partition coefficient (Wildman–Crippen LogP) is 1.62. The number of hydrogen-bond acceptors (Lipinski definition) is 5. The fourth-order valence-electron chi connectivity index (χ4n) is 1.99. The van der Waals surface area contributed by atoms with Crippen molar-refractivity contribution < 1.29 is 4.74 Å². The van der Waals surface area contributed by atoms with Gasteiger partial charge in [-0.2, -0.15) is 0 Å². The summed E-state index contributed by atoms with van der Waals surface area (Å²) in [6.07, 6.45) is 7.08. The first-order valence-corrected chi connectivity index (χ1v) is 6.19. The molecule has 2 aromatic rings. The van der Waals surface area contributed by atoms with Crippen molar-refractivity contribution in [3.8, 4) is 5.75 Å². The van der Waals surface area contributed by atoms with E-state index >= 15 is 0 Å². The summed E-state index contributed by atoms with van der Waals surface area (Å²) in [7, 11) is 1.63. The lowest BCUT2D eigenvalue weighted by atomic mass is 10.0. The average Bonchev–Trinajstić information content (AvgIpc) is 2.49. The van der Waals surface area contributed by atoms with E-state index in [0.29, 0.717) is 0 Å². The Morgan fingerprint density at radius 3 is 2.84 bits per heavy atom. The number of ether oxygens (including phenoxy) is 1. The van der Waals surface area contributed by atoms with Crippen LogP contribution in [0.5, 0.6) is 5.75 Å². The van der Waals surface area contributed by atoms with Gasteiger partial charge in [-0.15, -0.1) is 0 Å². The van der Waals surface area contributed by atoms with E-state index in [1.165, 1.54) is 5.56 Å². The van der Waals surface area contributed by atoms with Gasteiger partial charge in [0.1, 0.15) is 11.4 Å². The average molecular weight is 258 g/mol. The number of rotatable bonds is 6. The van der Waals surface area contributed by atoms with Crippen LogP contribution in [-0.2, 0) is 6.42 Å². The zero-order valence-corrected chi connectivity index (χ0v) is 10.9. The van der Waals surface area contributed by atoms with E-state index in [-0.39, 0.29) is 6.04 Å². The maximum Gasteiger partial charge on any atom is 0.142 e. The van der Waals surface area contributed by atoms with Crippen LogP contribution in [0.3, 0.4) is 0 Å². The van der Waals surface area contributed by atoms with E-state index in [9.17, 15) is 0 Å². The Balaban J connectivity index is 2.08. The lowest BCUT2D eigenvalue weighted by Gasteiger charge is -2.17. The van der Waals surface area contributed by atoms with Gasteiger partial charge in [0.25, 0.3) is 0 Å². The molecule has 0 bridgehead atoms. The predicted molar refractivity (Wildman–Crippen MR) is 73.4 cm³/mol. The Hall–Kier alpha value is -1.98. The van der Waals surface area contributed by atoms with Gasteiger partial charge in [0.2, 0.25) is 0 Å². The molecular weight excluding hydrogens is 240 g/mol. The zero-order valence-electron chi connectivity index (χ0n) is 10.9. The number of nitrogens with zero attached hydrogens (tertiary/aromatic N) is 2. The SMILES string of the molecule is COc1cccnc1C(CCc1cccnc1)NN. The van der Waals surface area contributed by atoms with Gasteiger partial charge in [-0.05, 0) is 36.6 Å². The molecule has 0 fully saturated rings. The van der Waals surface area contributed by atoms with Gasteiger partial charge in [-0.25, -0.2) is 0 Å². The van der Waals surface area contributed by atoms with Crippen molar-refractivity contribution in [1.29, 1.82) is 0 Å². The molecule has 2 heterocycles. The molecule has 0 amide bonds. The maximum absolute atomic E-state index is 5.63. The first kappa shape index (κ1) is 13.5. The van der Waals surface area contributed by atoms with Gasteiger partial charge >= 0.3 is 0 Å². The Morgan fingerprint density at radius 1 is 1.32 bits per heavy atom. The first-order chi connectivity index (χ1) is 9.35. The minimum atomic E-state index is -0.0450. The summed E-state index contributed by atoms with van der Waals surface area (Å²) in [5, 5.41) is 0. The highest BCUT2D eigenvalue weighted by Gasteiger charge is 2.15. The molecule has 0 radical (unpaired) electrons. The number of hydrogen-bond donors (Lipinski definition) is 2. The van der Waals surface area contributed by atoms with Crippen molar-refractivity contribution in [2.45, 2.75) is 18.9 Å². The zero-order chi connectivity index (χ0) is 13.5. The molecule has 0 aliphatic rings. The number of nitrogens with two attached hydrogens (primary N) is 1. The highest BCUT2D eigenvalue weighted by atomic mass is 16.5. The van der Waals surface area contributed by atoms with Gasteiger partial charge in [-0.1, -0.05) is 6.07 Å². The van der Waals surface area contributed by atoms with Gasteiger partial charge < -0.3 is 4.74 Å². The number of methoxy groups -OCH3 is 1. The highest BCUT2D eigenvalue weighted by molar-refractivity contribution is 5.29. The number of pyridine rings is 2. The van der Waals surface area contributed by atoms with Crippen LogP contribution in [0.1, 0.15) is 23.7 Å². The quantitative estimate of drug-likeness (QED) is 0.608. The van der Waals surface area contributed by atoms with Crippen molar-refractivity contribution in [2.24, 2.45) is 5.84 Å². The van der Waals surface area contributed by atoms with Crippen LogP contribution in [0.2, 0.25) is 0 Å². The Bertz CT molecular complexity index is 504. The van der Waals surface area contributed by atoms with Crippen LogP contribution in [-0.4, -0.2) is 17.1 Å². The van der Waals surface area contributed by atoms with Crippen LogP contribution in [0.25, 0.3) is 0 Å². The van der Waals surface area contributed by atoms with Gasteiger partial charge in [0, 0.05) is 18.6 Å². The Kier molecular flexibility index (Phi) is 4.83. The first-order valence-electron chi connectivity index (χ1n) is 6.19. The summed E-state index contributed by atoms with van der Waals surface area (Å²) < 4.78 is 5.31. The second-order valence-corrected chi connectivity index (χ2v) is 4.21. The third kappa shape index (κ3) is 3.49. The fraction of sp³-hybridized carbons (Fsp3) is 0.286. The molecular formula is C14H18N4O. The number of hydrazine groups is 1. The number of aromatic nitrogens is 2. The van der Waals surface area contributed by atoms with Crippen LogP contribution >= 0.6 is 0 Å². The minimum Gasteiger partial charge on any atom is -0.495 e. The second kappa shape index (κ2) is 6.82. The van der Waals surface area contributed by atoms with Crippen molar-refractivity contribution in [3.05, 3.63) is 54.1 Å². The molecule has 0 aromatic carbocycles. The standard InChI is InChI=1S/C14H18N4O/c1-19-13-5-3-9-17-14(13)12(18-15)7-6-11-4-2-8-16-10-11/h2-5,8-10,12,18H,6-7,15H2,1H3. The highest BCUT2D eigenvalue weighted by Crippen LogP contribution is 2.25. The monoisotopic (exact) mass is 258 g/mol. The van der Waals surface area contributed by atoms with E-state index < -0.39 is 0 Å². The largest absolute Gasteiger partial charge is 0.495 e. The third-order valence-electron chi connectivity index (χ3n) is 3.00. The molecule has 19 heavy (non-hydrogen) atoms. The molecule has 2 rings (SSSR count). The summed E-state index contributed by atoms with van der Waals surface area (Å²) in [5.41, 5.74) is 4.81. The van der Waals surface area contributed by atoms with Crippen LogP contribution in [0.15, 0.2) is 42.9 Å². The van der Waals surface area contributed by atoms with Gasteiger partial charge in [0.15, 0.2) is 0 Å². The molecule has 0 aliphatic heterocycles. The minimum absolute atomic E-state index is 0.0450. The summed E-state index contributed by atoms with van der Waals surface area (Å²) in [6, 6.07) is 7.67. The van der Waals surface area contributed by atoms with Gasteiger partial charge in [-0.3, -0.25) is 21.2 Å². The number of aryl methyl sites for hydroxylation is 1. The van der Waals surface area contributed by atoms with Crippen LogP contribution < -0.4 is 16.0 Å². The fourth-order valence-corrected chi connectivity index (χ4v) is 1.99. The Labute approximate surface area is 112 Å². The van der Waals surface area contributed by atoms with Crippen molar-refractivity contribution in [3.63, 3.8) is 0 Å². The van der Waals surface area contributed by atoms with Crippen molar-refractivity contribution >= 4 is 0 Å². The molecule has 1 atom stereocenters. The molecule has 0 spiro atoms. The van der Waals surface area contributed by atoms with E-state index in [0.717, 1.165) is 24.3 Å². The third-order valence-corrected chi connectivity index (χ3v) is 3.00. The van der Waals surface area contributed by atoms with E-state index in [1.807, 2.05) is 24.4 Å². The van der Waals surface area contributed by atoms with E-state index in [4.69, 9.17) is 10.6 Å². The topological polar surface area (TPSA) is 73.1 Å². The summed E-state index contributed by atoms with van der Waals surface area (Å²) in [4.78, 5) is 8.45. The second-order valence-electron chi connectivity index (χ2n) is 4.21. The molecule has 100 valence electrons. The Morgan fingerprint density at radius 2 is 2.16 bits per heavy atom. The lowest BCUT2D eigenvalue weighted by molar-refractivity contribution is 0.390. The van der Waals surface area contributed by atoms with Crippen LogP contribution in [0, 0.1) is 0 Å².